The number of hydrogen-bond acceptors (Lipinski definition) is 1. The van der Waals surface area contributed by atoms with E-state index in [1.165, 1.54) is 6.07 Å². The Morgan fingerprint density at radius 1 is 1.00 bits per heavy atom. The summed E-state index contributed by atoms with van der Waals surface area (Å²) in [6, 6.07) is 8.57. The summed E-state index contributed by atoms with van der Waals surface area (Å²) in [6.07, 6.45) is 0. The summed E-state index contributed by atoms with van der Waals surface area (Å²) in [5.41, 5.74) is 2.96. The Labute approximate surface area is 120 Å². The standard InChI is InChI=1S/C16H14BrFO/c1-9-5-4-6-12(15(9)18)16(19)13-7-11(3)14(17)8-10(13)2/h4-8H,1-3H3. The van der Waals surface area contributed by atoms with E-state index in [0.717, 1.165) is 15.6 Å². The molecule has 0 bridgehead atoms. The largest absolute Gasteiger partial charge is 0.288 e. The zero-order valence-corrected chi connectivity index (χ0v) is 12.6. The van der Waals surface area contributed by atoms with Gasteiger partial charge in [0, 0.05) is 10.0 Å². The molecule has 0 aliphatic heterocycles. The number of hydrogen-bond donors (Lipinski definition) is 0. The van der Waals surface area contributed by atoms with Gasteiger partial charge in [0.15, 0.2) is 5.78 Å². The fourth-order valence-corrected chi connectivity index (χ4v) is 2.45. The van der Waals surface area contributed by atoms with Gasteiger partial charge in [-0.3, -0.25) is 4.79 Å². The molecule has 0 aliphatic carbocycles. The third-order valence-electron chi connectivity index (χ3n) is 3.19. The zero-order valence-electron chi connectivity index (χ0n) is 11.1. The van der Waals surface area contributed by atoms with Crippen LogP contribution in [0.5, 0.6) is 0 Å². The number of benzene rings is 2. The lowest BCUT2D eigenvalue weighted by Gasteiger charge is -2.09. The first kappa shape index (κ1) is 13.9. The molecule has 0 saturated carbocycles. The molecule has 0 radical (unpaired) electrons. The molecule has 0 aromatic heterocycles. The summed E-state index contributed by atoms with van der Waals surface area (Å²) < 4.78 is 15.0. The molecular formula is C16H14BrFO. The second-order valence-electron chi connectivity index (χ2n) is 4.68. The minimum atomic E-state index is -0.438. The van der Waals surface area contributed by atoms with Crippen LogP contribution in [-0.4, -0.2) is 5.78 Å². The van der Waals surface area contributed by atoms with Gasteiger partial charge in [0.2, 0.25) is 0 Å². The number of halogens is 2. The van der Waals surface area contributed by atoms with Crippen molar-refractivity contribution in [2.24, 2.45) is 0 Å². The highest BCUT2D eigenvalue weighted by Gasteiger charge is 2.17. The van der Waals surface area contributed by atoms with Gasteiger partial charge in [0.25, 0.3) is 0 Å². The molecule has 19 heavy (non-hydrogen) atoms. The van der Waals surface area contributed by atoms with Gasteiger partial charge >= 0.3 is 0 Å². The van der Waals surface area contributed by atoms with Crippen LogP contribution in [0.25, 0.3) is 0 Å². The lowest BCUT2D eigenvalue weighted by Crippen LogP contribution is -2.07. The molecule has 0 saturated heterocycles. The van der Waals surface area contributed by atoms with E-state index in [0.29, 0.717) is 11.1 Å². The lowest BCUT2D eigenvalue weighted by molar-refractivity contribution is 0.103. The molecule has 0 aliphatic rings. The van der Waals surface area contributed by atoms with Crippen molar-refractivity contribution in [3.63, 3.8) is 0 Å². The van der Waals surface area contributed by atoms with E-state index in [2.05, 4.69) is 15.9 Å². The van der Waals surface area contributed by atoms with Crippen molar-refractivity contribution in [3.05, 3.63) is 68.4 Å². The van der Waals surface area contributed by atoms with E-state index < -0.39 is 5.82 Å². The van der Waals surface area contributed by atoms with Gasteiger partial charge in [-0.2, -0.15) is 0 Å². The van der Waals surface area contributed by atoms with Crippen molar-refractivity contribution in [2.75, 3.05) is 0 Å². The highest BCUT2D eigenvalue weighted by Crippen LogP contribution is 2.24. The Bertz CT molecular complexity index is 662. The molecule has 2 aromatic rings. The van der Waals surface area contributed by atoms with E-state index in [9.17, 15) is 9.18 Å². The van der Waals surface area contributed by atoms with Crippen molar-refractivity contribution < 1.29 is 9.18 Å². The zero-order chi connectivity index (χ0) is 14.2. The normalized spacial score (nSPS) is 10.6. The molecule has 98 valence electrons. The first-order valence-electron chi connectivity index (χ1n) is 5.98. The van der Waals surface area contributed by atoms with Crippen LogP contribution in [0.15, 0.2) is 34.8 Å². The molecule has 0 atom stereocenters. The van der Waals surface area contributed by atoms with Crippen LogP contribution >= 0.6 is 15.9 Å². The average molecular weight is 321 g/mol. The molecule has 0 fully saturated rings. The molecule has 1 nitrogen and oxygen atoms in total. The monoisotopic (exact) mass is 320 g/mol. The summed E-state index contributed by atoms with van der Waals surface area (Å²) in [4.78, 5) is 12.4. The maximum atomic E-state index is 14.0. The van der Waals surface area contributed by atoms with E-state index in [1.54, 1.807) is 25.1 Å². The molecule has 0 spiro atoms. The number of carbonyl (C=O) groups is 1. The van der Waals surface area contributed by atoms with E-state index in [4.69, 9.17) is 0 Å². The topological polar surface area (TPSA) is 17.1 Å². The summed E-state index contributed by atoms with van der Waals surface area (Å²) in [7, 11) is 0. The Morgan fingerprint density at radius 2 is 1.68 bits per heavy atom. The summed E-state index contributed by atoms with van der Waals surface area (Å²) in [5, 5.41) is 0. The average Bonchev–Trinajstić information content (AvgIpc) is 2.36. The Kier molecular flexibility index (Phi) is 3.85. The van der Waals surface area contributed by atoms with Crippen LogP contribution in [0, 0.1) is 26.6 Å². The van der Waals surface area contributed by atoms with Crippen molar-refractivity contribution in [2.45, 2.75) is 20.8 Å². The van der Waals surface area contributed by atoms with Crippen molar-refractivity contribution >= 4 is 21.7 Å². The Balaban J connectivity index is 2.56. The van der Waals surface area contributed by atoms with E-state index in [1.807, 2.05) is 19.9 Å². The molecule has 0 amide bonds. The summed E-state index contributed by atoms with van der Waals surface area (Å²) in [5.74, 6) is -0.707. The van der Waals surface area contributed by atoms with Gasteiger partial charge in [0.1, 0.15) is 5.82 Å². The first-order valence-corrected chi connectivity index (χ1v) is 6.77. The predicted molar refractivity (Wildman–Crippen MR) is 78.2 cm³/mol. The van der Waals surface area contributed by atoms with Gasteiger partial charge in [-0.1, -0.05) is 28.1 Å². The minimum Gasteiger partial charge on any atom is -0.288 e. The van der Waals surface area contributed by atoms with Gasteiger partial charge in [-0.25, -0.2) is 4.39 Å². The summed E-state index contributed by atoms with van der Waals surface area (Å²) in [6.45, 7) is 5.42. The quantitative estimate of drug-likeness (QED) is 0.730. The fraction of sp³-hybridized carbons (Fsp3) is 0.188. The van der Waals surface area contributed by atoms with Crippen LogP contribution in [0.2, 0.25) is 0 Å². The van der Waals surface area contributed by atoms with Crippen LogP contribution in [0.1, 0.15) is 32.6 Å². The van der Waals surface area contributed by atoms with Crippen molar-refractivity contribution in [1.82, 2.24) is 0 Å². The highest BCUT2D eigenvalue weighted by atomic mass is 79.9. The third-order valence-corrected chi connectivity index (χ3v) is 4.04. The number of rotatable bonds is 2. The predicted octanol–water partition coefficient (Wildman–Crippen LogP) is 4.74. The van der Waals surface area contributed by atoms with Gasteiger partial charge < -0.3 is 0 Å². The maximum absolute atomic E-state index is 14.0. The number of ketones is 1. The second-order valence-corrected chi connectivity index (χ2v) is 5.54. The lowest BCUT2D eigenvalue weighted by atomic mass is 9.96. The first-order chi connectivity index (χ1) is 8.91. The van der Waals surface area contributed by atoms with Crippen LogP contribution in [-0.2, 0) is 0 Å². The Hall–Kier alpha value is -1.48. The minimum absolute atomic E-state index is 0.129. The SMILES string of the molecule is Cc1cc(C(=O)c2cccc(C)c2F)c(C)cc1Br. The van der Waals surface area contributed by atoms with Crippen molar-refractivity contribution in [1.29, 1.82) is 0 Å². The smallest absolute Gasteiger partial charge is 0.196 e. The fourth-order valence-electron chi connectivity index (χ4n) is 1.99. The molecule has 0 N–H and O–H groups in total. The van der Waals surface area contributed by atoms with E-state index in [-0.39, 0.29) is 11.3 Å². The highest BCUT2D eigenvalue weighted by molar-refractivity contribution is 9.10. The third kappa shape index (κ3) is 2.61. The summed E-state index contributed by atoms with van der Waals surface area (Å²) >= 11 is 3.43. The Morgan fingerprint density at radius 3 is 2.37 bits per heavy atom. The maximum Gasteiger partial charge on any atom is 0.196 e. The molecule has 0 unspecified atom stereocenters. The van der Waals surface area contributed by atoms with Gasteiger partial charge in [0.05, 0.1) is 5.56 Å². The number of carbonyl (C=O) groups excluding carboxylic acids is 1. The molecule has 2 aromatic carbocycles. The molecule has 0 heterocycles. The molecular weight excluding hydrogens is 307 g/mol. The van der Waals surface area contributed by atoms with Crippen molar-refractivity contribution in [3.8, 4) is 0 Å². The van der Waals surface area contributed by atoms with Gasteiger partial charge in [-0.15, -0.1) is 0 Å². The second kappa shape index (κ2) is 5.25. The van der Waals surface area contributed by atoms with Gasteiger partial charge in [-0.05, 0) is 55.7 Å². The number of aryl methyl sites for hydroxylation is 3. The molecule has 3 heteroatoms. The molecule has 2 rings (SSSR count). The van der Waals surface area contributed by atoms with E-state index >= 15 is 0 Å². The van der Waals surface area contributed by atoms with Crippen LogP contribution in [0.4, 0.5) is 4.39 Å². The van der Waals surface area contributed by atoms with Crippen LogP contribution < -0.4 is 0 Å². The van der Waals surface area contributed by atoms with Crippen LogP contribution in [0.3, 0.4) is 0 Å².